The van der Waals surface area contributed by atoms with Gasteiger partial charge in [0.15, 0.2) is 0 Å². The number of nitrogens with zero attached hydrogens (tertiary/aromatic N) is 8. The molecule has 1 fully saturated rings. The SMILES string of the molecule is N#CB1CCc2nc(N3CCN(CCOCCN4CCN=CN/C=C(/C(=O)O)C=NCC4)CC3)ncc2C1. The van der Waals surface area contributed by atoms with Crippen LogP contribution in [-0.2, 0) is 22.3 Å². The highest BCUT2D eigenvalue weighted by molar-refractivity contribution is 6.66. The van der Waals surface area contributed by atoms with Crippen LogP contribution in [0.1, 0.15) is 11.3 Å². The van der Waals surface area contributed by atoms with E-state index in [-0.39, 0.29) is 12.3 Å². The maximum Gasteiger partial charge on any atom is 0.338 e. The van der Waals surface area contributed by atoms with Gasteiger partial charge in [0, 0.05) is 82.6 Å². The third kappa shape index (κ3) is 8.34. The van der Waals surface area contributed by atoms with E-state index in [0.717, 1.165) is 88.6 Å². The van der Waals surface area contributed by atoms with Gasteiger partial charge in [-0.25, -0.2) is 20.0 Å². The van der Waals surface area contributed by atoms with E-state index in [1.807, 2.05) is 6.20 Å². The molecule has 0 aromatic carbocycles. The van der Waals surface area contributed by atoms with Crippen LogP contribution in [-0.4, -0.2) is 129 Å². The molecule has 0 spiro atoms. The lowest BCUT2D eigenvalue weighted by Gasteiger charge is -2.35. The zero-order chi connectivity index (χ0) is 26.6. The minimum atomic E-state index is -1.03. The molecule has 1 aromatic heterocycles. The minimum Gasteiger partial charge on any atom is -0.478 e. The summed E-state index contributed by atoms with van der Waals surface area (Å²) in [6.07, 6.45) is 8.70. The van der Waals surface area contributed by atoms with Crippen LogP contribution in [0.15, 0.2) is 28.0 Å². The Morgan fingerprint density at radius 2 is 1.84 bits per heavy atom. The van der Waals surface area contributed by atoms with E-state index in [1.54, 1.807) is 0 Å². The fourth-order valence-electron chi connectivity index (χ4n) is 4.72. The standard InChI is InChI=1S/C25H36BN9O3/c27-19-26-2-1-23-21(15-26)18-31-25(32-23)35-9-7-34(8-10-35)12-14-38-13-11-33-5-3-28-16-22(24(36)37)17-30-20-29-4-6-33/h16-18,20H,1-15H2,(H,29,30)(H,36,37)/b22-17+,28-16?. The molecule has 1 aromatic rings. The van der Waals surface area contributed by atoms with Gasteiger partial charge in [-0.2, -0.15) is 0 Å². The van der Waals surface area contributed by atoms with Crippen LogP contribution in [0.2, 0.25) is 6.32 Å². The lowest BCUT2D eigenvalue weighted by Crippen LogP contribution is -2.48. The number of rotatable bonds is 8. The van der Waals surface area contributed by atoms with E-state index in [2.05, 4.69) is 41.0 Å². The number of ether oxygens (including phenoxy) is 1. The highest BCUT2D eigenvalue weighted by Gasteiger charge is 2.25. The molecule has 2 N–H and O–H groups in total. The number of fused-ring (bicyclic) bond motifs is 1. The first kappa shape index (κ1) is 27.7. The number of aromatic nitrogens is 2. The van der Waals surface area contributed by atoms with Crippen LogP contribution in [0.25, 0.3) is 0 Å². The first-order valence-corrected chi connectivity index (χ1v) is 13.3. The van der Waals surface area contributed by atoms with Crippen molar-refractivity contribution < 1.29 is 14.6 Å². The van der Waals surface area contributed by atoms with Gasteiger partial charge < -0.3 is 20.1 Å². The summed E-state index contributed by atoms with van der Waals surface area (Å²) in [6.45, 7) is 9.39. The highest BCUT2D eigenvalue weighted by atomic mass is 16.5. The fourth-order valence-corrected chi connectivity index (χ4v) is 4.72. The number of nitrogens with one attached hydrogen (secondary N) is 1. The van der Waals surface area contributed by atoms with Gasteiger partial charge in [-0.3, -0.25) is 19.8 Å². The highest BCUT2D eigenvalue weighted by Crippen LogP contribution is 2.21. The molecule has 3 aliphatic rings. The van der Waals surface area contributed by atoms with Gasteiger partial charge in [-0.05, 0) is 18.3 Å². The third-order valence-electron chi connectivity index (χ3n) is 7.05. The van der Waals surface area contributed by atoms with Crippen LogP contribution in [0.5, 0.6) is 0 Å². The van der Waals surface area contributed by atoms with Crippen LogP contribution < -0.4 is 10.2 Å². The number of aryl methyl sites for hydroxylation is 1. The Labute approximate surface area is 224 Å². The summed E-state index contributed by atoms with van der Waals surface area (Å²) < 4.78 is 5.93. The Morgan fingerprint density at radius 1 is 1.11 bits per heavy atom. The average molecular weight is 521 g/mol. The number of hydrogen-bond acceptors (Lipinski definition) is 11. The second kappa shape index (κ2) is 14.6. The second-order valence-electron chi connectivity index (χ2n) is 9.64. The van der Waals surface area contributed by atoms with Crippen molar-refractivity contribution in [1.29, 1.82) is 5.26 Å². The van der Waals surface area contributed by atoms with Gasteiger partial charge in [-0.1, -0.05) is 6.32 Å². The Hall–Kier alpha value is -3.34. The zero-order valence-corrected chi connectivity index (χ0v) is 21.8. The average Bonchev–Trinajstić information content (AvgIpc) is 2.93. The predicted octanol–water partition coefficient (Wildman–Crippen LogP) is -0.217. The van der Waals surface area contributed by atoms with Crippen molar-refractivity contribution in [3.63, 3.8) is 0 Å². The molecule has 202 valence electrons. The lowest BCUT2D eigenvalue weighted by molar-refractivity contribution is -0.132. The largest absolute Gasteiger partial charge is 0.478 e. The third-order valence-corrected chi connectivity index (χ3v) is 7.05. The summed E-state index contributed by atoms with van der Waals surface area (Å²) in [4.78, 5) is 36.0. The first-order chi connectivity index (χ1) is 18.6. The maximum atomic E-state index is 11.2. The first-order valence-electron chi connectivity index (χ1n) is 13.3. The molecule has 4 heterocycles. The molecule has 0 aliphatic carbocycles. The van der Waals surface area contributed by atoms with Crippen molar-refractivity contribution in [2.75, 3.05) is 83.6 Å². The zero-order valence-electron chi connectivity index (χ0n) is 21.8. The fraction of sp³-hybridized carbons (Fsp3) is 0.600. The van der Waals surface area contributed by atoms with Gasteiger partial charge in [0.2, 0.25) is 5.95 Å². The van der Waals surface area contributed by atoms with Gasteiger partial charge >= 0.3 is 5.97 Å². The van der Waals surface area contributed by atoms with Gasteiger partial charge in [0.25, 0.3) is 6.71 Å². The van der Waals surface area contributed by atoms with Gasteiger partial charge in [0.05, 0.1) is 38.2 Å². The van der Waals surface area contributed by atoms with Crippen molar-refractivity contribution in [3.05, 3.63) is 29.2 Å². The summed E-state index contributed by atoms with van der Waals surface area (Å²) >= 11 is 0. The number of carboxylic acid groups (broad SMARTS) is 1. The molecule has 0 amide bonds. The number of carbonyl (C=O) groups is 1. The lowest BCUT2D eigenvalue weighted by atomic mass is 9.43. The van der Waals surface area contributed by atoms with Crippen LogP contribution in [0.4, 0.5) is 5.95 Å². The molecule has 0 atom stereocenters. The summed E-state index contributed by atoms with van der Waals surface area (Å²) in [7, 11) is 0. The van der Waals surface area contributed by atoms with Crippen molar-refractivity contribution in [1.82, 2.24) is 25.1 Å². The number of hydrogen-bond donors (Lipinski definition) is 2. The number of aliphatic imine (C=N–C) groups is 2. The van der Waals surface area contributed by atoms with Crippen molar-refractivity contribution >= 4 is 31.2 Å². The number of carboxylic acids is 1. The molecule has 38 heavy (non-hydrogen) atoms. The number of anilines is 1. The van der Waals surface area contributed by atoms with Gasteiger partial charge in [0.1, 0.15) is 0 Å². The molecule has 0 saturated carbocycles. The Morgan fingerprint density at radius 3 is 2.58 bits per heavy atom. The summed E-state index contributed by atoms with van der Waals surface area (Å²) in [5.74, 6) is 2.15. The monoisotopic (exact) mass is 521 g/mol. The Bertz CT molecular complexity index is 1070. The Kier molecular flexibility index (Phi) is 10.6. The molecule has 1 saturated heterocycles. The molecule has 3 aliphatic heterocycles. The van der Waals surface area contributed by atoms with Crippen molar-refractivity contribution in [2.45, 2.75) is 19.1 Å². The molecule has 0 radical (unpaired) electrons. The van der Waals surface area contributed by atoms with Crippen LogP contribution >= 0.6 is 0 Å². The van der Waals surface area contributed by atoms with E-state index in [0.29, 0.717) is 26.3 Å². The van der Waals surface area contributed by atoms with Crippen LogP contribution in [0, 0.1) is 11.2 Å². The number of nitriles is 1. The number of aliphatic carboxylic acids is 1. The van der Waals surface area contributed by atoms with E-state index >= 15 is 0 Å². The van der Waals surface area contributed by atoms with E-state index in [9.17, 15) is 15.2 Å². The smallest absolute Gasteiger partial charge is 0.338 e. The molecule has 13 heteroatoms. The summed E-state index contributed by atoms with van der Waals surface area (Å²) in [5, 5.41) is 21.1. The number of piperazine rings is 1. The normalized spacial score (nSPS) is 20.9. The molecule has 0 bridgehead atoms. The van der Waals surface area contributed by atoms with Crippen LogP contribution in [0.3, 0.4) is 0 Å². The topological polar surface area (TPSA) is 143 Å². The predicted molar refractivity (Wildman–Crippen MR) is 147 cm³/mol. The van der Waals surface area contributed by atoms with E-state index < -0.39 is 5.97 Å². The molecular weight excluding hydrogens is 485 g/mol. The molecule has 0 unspecified atom stereocenters. The Balaban J connectivity index is 1.13. The van der Waals surface area contributed by atoms with Crippen molar-refractivity contribution in [3.8, 4) is 5.97 Å². The van der Waals surface area contributed by atoms with Gasteiger partial charge in [-0.15, -0.1) is 0 Å². The van der Waals surface area contributed by atoms with Crippen molar-refractivity contribution in [2.24, 2.45) is 9.98 Å². The van der Waals surface area contributed by atoms with E-state index in [1.165, 1.54) is 18.8 Å². The van der Waals surface area contributed by atoms with E-state index in [4.69, 9.17) is 9.72 Å². The maximum absolute atomic E-state index is 11.2. The quantitative estimate of drug-likeness (QED) is 0.348. The summed E-state index contributed by atoms with van der Waals surface area (Å²) in [5.41, 5.74) is 2.32. The molecule has 4 rings (SSSR count). The molecule has 12 nitrogen and oxygen atoms in total. The second-order valence-corrected chi connectivity index (χ2v) is 9.64. The minimum absolute atomic E-state index is 0.0903. The molecular formula is C25H36BN9O3. The summed E-state index contributed by atoms with van der Waals surface area (Å²) in [6, 6.07) is 0.